The fourth-order valence-corrected chi connectivity index (χ4v) is 1.06. The van der Waals surface area contributed by atoms with Gasteiger partial charge in [-0.15, -0.1) is 0 Å². The molecular formula is C10H11NO3. The molecule has 0 bridgehead atoms. The second kappa shape index (κ2) is 5.01. The lowest BCUT2D eigenvalue weighted by Gasteiger charge is -2.13. The third kappa shape index (κ3) is 2.32. The summed E-state index contributed by atoms with van der Waals surface area (Å²) < 4.78 is 4.97. The van der Waals surface area contributed by atoms with Crippen molar-refractivity contribution in [3.8, 4) is 5.75 Å². The van der Waals surface area contributed by atoms with Crippen LogP contribution < -0.4 is 9.64 Å². The van der Waals surface area contributed by atoms with Crippen LogP contribution in [-0.2, 0) is 9.59 Å². The van der Waals surface area contributed by atoms with Crippen LogP contribution >= 0.6 is 0 Å². The van der Waals surface area contributed by atoms with Gasteiger partial charge >= 0.3 is 0 Å². The predicted octanol–water partition coefficient (Wildman–Crippen LogP) is 0.857. The minimum absolute atomic E-state index is 0.0653. The Morgan fingerprint density at radius 1 is 1.29 bits per heavy atom. The molecule has 0 fully saturated rings. The molecule has 0 radical (unpaired) electrons. The maximum Gasteiger partial charge on any atom is 0.214 e. The zero-order chi connectivity index (χ0) is 10.4. The van der Waals surface area contributed by atoms with Gasteiger partial charge in [0.05, 0.1) is 13.7 Å². The smallest absolute Gasteiger partial charge is 0.214 e. The van der Waals surface area contributed by atoms with Gasteiger partial charge in [0.15, 0.2) is 0 Å². The van der Waals surface area contributed by atoms with Gasteiger partial charge in [0, 0.05) is 5.69 Å². The monoisotopic (exact) mass is 193 g/mol. The number of nitrogens with zero attached hydrogens (tertiary/aromatic N) is 1. The summed E-state index contributed by atoms with van der Waals surface area (Å²) in [7, 11) is 1.57. The van der Waals surface area contributed by atoms with E-state index in [2.05, 4.69) is 0 Å². The van der Waals surface area contributed by atoms with Crippen molar-refractivity contribution in [2.24, 2.45) is 0 Å². The molecule has 1 aromatic rings. The largest absolute Gasteiger partial charge is 0.497 e. The molecule has 0 aliphatic carbocycles. The minimum Gasteiger partial charge on any atom is -0.497 e. The van der Waals surface area contributed by atoms with E-state index < -0.39 is 0 Å². The lowest BCUT2D eigenvalue weighted by molar-refractivity contribution is -0.111. The van der Waals surface area contributed by atoms with E-state index in [4.69, 9.17) is 4.74 Å². The molecule has 0 saturated heterocycles. The summed E-state index contributed by atoms with van der Waals surface area (Å²) in [6, 6.07) is 6.90. The fraction of sp³-hybridized carbons (Fsp3) is 0.200. The van der Waals surface area contributed by atoms with E-state index in [1.54, 1.807) is 31.4 Å². The highest BCUT2D eigenvalue weighted by Gasteiger charge is 2.03. The Labute approximate surface area is 82.1 Å². The number of anilines is 1. The molecule has 0 heterocycles. The molecule has 74 valence electrons. The fourth-order valence-electron chi connectivity index (χ4n) is 1.06. The van der Waals surface area contributed by atoms with E-state index in [9.17, 15) is 9.59 Å². The molecule has 0 aromatic heterocycles. The van der Waals surface area contributed by atoms with Gasteiger partial charge in [-0.3, -0.25) is 4.79 Å². The number of aldehydes is 1. The highest BCUT2D eigenvalue weighted by atomic mass is 16.5. The number of hydrogen-bond donors (Lipinski definition) is 0. The van der Waals surface area contributed by atoms with Gasteiger partial charge in [0.2, 0.25) is 6.41 Å². The molecule has 14 heavy (non-hydrogen) atoms. The van der Waals surface area contributed by atoms with Crippen LogP contribution in [-0.4, -0.2) is 26.4 Å². The van der Waals surface area contributed by atoms with Crippen LogP contribution in [0.15, 0.2) is 24.3 Å². The van der Waals surface area contributed by atoms with E-state index in [-0.39, 0.29) is 6.54 Å². The molecule has 4 heteroatoms. The lowest BCUT2D eigenvalue weighted by Crippen LogP contribution is -2.22. The zero-order valence-electron chi connectivity index (χ0n) is 7.84. The quantitative estimate of drug-likeness (QED) is 0.651. The summed E-state index contributed by atoms with van der Waals surface area (Å²) >= 11 is 0. The highest BCUT2D eigenvalue weighted by Crippen LogP contribution is 2.17. The Bertz CT molecular complexity index is 308. The van der Waals surface area contributed by atoms with Crippen molar-refractivity contribution >= 4 is 18.4 Å². The van der Waals surface area contributed by atoms with Gasteiger partial charge in [0.1, 0.15) is 12.0 Å². The number of amides is 1. The summed E-state index contributed by atoms with van der Waals surface area (Å²) in [5.74, 6) is 0.714. The van der Waals surface area contributed by atoms with E-state index in [1.165, 1.54) is 4.90 Å². The van der Waals surface area contributed by atoms with Crippen molar-refractivity contribution in [3.05, 3.63) is 24.3 Å². The Morgan fingerprint density at radius 3 is 2.36 bits per heavy atom. The third-order valence-electron chi connectivity index (χ3n) is 1.80. The van der Waals surface area contributed by atoms with Crippen molar-refractivity contribution in [2.45, 2.75) is 0 Å². The van der Waals surface area contributed by atoms with Crippen LogP contribution in [0.1, 0.15) is 0 Å². The number of carbonyl (C=O) groups is 2. The van der Waals surface area contributed by atoms with Gasteiger partial charge in [0.25, 0.3) is 0 Å². The predicted molar refractivity (Wildman–Crippen MR) is 52.5 cm³/mol. The molecule has 0 N–H and O–H groups in total. The van der Waals surface area contributed by atoms with Gasteiger partial charge in [-0.1, -0.05) is 0 Å². The van der Waals surface area contributed by atoms with Crippen LogP contribution in [0, 0.1) is 0 Å². The summed E-state index contributed by atoms with van der Waals surface area (Å²) in [6.07, 6.45) is 1.30. The first kappa shape index (κ1) is 10.2. The van der Waals surface area contributed by atoms with Gasteiger partial charge < -0.3 is 14.4 Å². The Hall–Kier alpha value is -1.84. The second-order valence-corrected chi connectivity index (χ2v) is 2.62. The molecule has 4 nitrogen and oxygen atoms in total. The van der Waals surface area contributed by atoms with Crippen molar-refractivity contribution in [1.82, 2.24) is 0 Å². The third-order valence-corrected chi connectivity index (χ3v) is 1.80. The topological polar surface area (TPSA) is 46.6 Å². The summed E-state index contributed by atoms with van der Waals surface area (Å²) in [4.78, 5) is 22.1. The zero-order valence-corrected chi connectivity index (χ0v) is 7.84. The van der Waals surface area contributed by atoms with Crippen LogP contribution in [0.5, 0.6) is 5.75 Å². The van der Waals surface area contributed by atoms with Crippen molar-refractivity contribution in [3.63, 3.8) is 0 Å². The summed E-state index contributed by atoms with van der Waals surface area (Å²) in [6.45, 7) is 0.0653. The lowest BCUT2D eigenvalue weighted by atomic mass is 10.3. The van der Waals surface area contributed by atoms with Crippen LogP contribution in [0.4, 0.5) is 5.69 Å². The molecular weight excluding hydrogens is 182 g/mol. The molecule has 0 aliphatic rings. The maximum atomic E-state index is 10.6. The molecule has 0 atom stereocenters. The van der Waals surface area contributed by atoms with Crippen LogP contribution in [0.25, 0.3) is 0 Å². The number of carbonyl (C=O) groups excluding carboxylic acids is 2. The van der Waals surface area contributed by atoms with Gasteiger partial charge in [-0.25, -0.2) is 0 Å². The van der Waals surface area contributed by atoms with E-state index in [1.807, 2.05) is 0 Å². The van der Waals surface area contributed by atoms with Crippen molar-refractivity contribution in [1.29, 1.82) is 0 Å². The molecule has 0 spiro atoms. The second-order valence-electron chi connectivity index (χ2n) is 2.62. The standard InChI is InChI=1S/C10H11NO3/c1-14-10-4-2-9(3-5-10)11(8-13)6-7-12/h2-5,7-8H,6H2,1H3. The number of benzene rings is 1. The average Bonchev–Trinajstić information content (AvgIpc) is 2.26. The maximum absolute atomic E-state index is 10.6. The van der Waals surface area contributed by atoms with E-state index >= 15 is 0 Å². The molecule has 1 amide bonds. The Kier molecular flexibility index (Phi) is 3.67. The number of rotatable bonds is 5. The molecule has 1 rings (SSSR count). The highest BCUT2D eigenvalue weighted by molar-refractivity contribution is 5.80. The number of ether oxygens (including phenoxy) is 1. The SMILES string of the molecule is COc1ccc(N(C=O)CC=O)cc1. The minimum atomic E-state index is 0.0653. The van der Waals surface area contributed by atoms with E-state index in [0.717, 1.165) is 0 Å². The van der Waals surface area contributed by atoms with E-state index in [0.29, 0.717) is 24.1 Å². The average molecular weight is 193 g/mol. The Balaban J connectivity index is 2.82. The Morgan fingerprint density at radius 2 is 1.93 bits per heavy atom. The van der Waals surface area contributed by atoms with Gasteiger partial charge in [-0.2, -0.15) is 0 Å². The first-order valence-electron chi connectivity index (χ1n) is 4.11. The molecule has 1 aromatic carbocycles. The number of methoxy groups -OCH3 is 1. The van der Waals surface area contributed by atoms with Gasteiger partial charge in [-0.05, 0) is 24.3 Å². The summed E-state index contributed by atoms with van der Waals surface area (Å²) in [5.41, 5.74) is 0.674. The number of hydrogen-bond acceptors (Lipinski definition) is 3. The first-order chi connectivity index (χ1) is 6.81. The summed E-state index contributed by atoms with van der Waals surface area (Å²) in [5, 5.41) is 0. The van der Waals surface area contributed by atoms with Crippen LogP contribution in [0.2, 0.25) is 0 Å². The molecule has 0 aliphatic heterocycles. The van der Waals surface area contributed by atoms with Crippen molar-refractivity contribution < 1.29 is 14.3 Å². The van der Waals surface area contributed by atoms with Crippen molar-refractivity contribution in [2.75, 3.05) is 18.6 Å². The molecule has 0 saturated carbocycles. The normalized spacial score (nSPS) is 9.21. The first-order valence-corrected chi connectivity index (χ1v) is 4.11. The molecule has 0 unspecified atom stereocenters. The van der Waals surface area contributed by atoms with Crippen LogP contribution in [0.3, 0.4) is 0 Å².